The number of terminal acetylenes is 1. The third-order valence-electron chi connectivity index (χ3n) is 4.41. The van der Waals surface area contributed by atoms with Crippen LogP contribution in [0.3, 0.4) is 0 Å². The van der Waals surface area contributed by atoms with Crippen molar-refractivity contribution in [1.29, 1.82) is 0 Å². The summed E-state index contributed by atoms with van der Waals surface area (Å²) in [5.74, 6) is 2.78. The molecule has 4 aromatic rings. The number of thiophene rings is 1. The zero-order chi connectivity index (χ0) is 19.0. The van der Waals surface area contributed by atoms with Crippen LogP contribution in [-0.4, -0.2) is 9.55 Å². The highest BCUT2D eigenvalue weighted by Gasteiger charge is 2.17. The number of rotatable bonds is 3. The molecule has 0 N–H and O–H groups in total. The summed E-state index contributed by atoms with van der Waals surface area (Å²) in [6.45, 7) is 2.13. The van der Waals surface area contributed by atoms with Crippen LogP contribution in [0.4, 0.5) is 4.39 Å². The lowest BCUT2D eigenvalue weighted by atomic mass is 10.1. The fourth-order valence-electron chi connectivity index (χ4n) is 3.03. The zero-order valence-corrected chi connectivity index (χ0v) is 15.4. The number of hydrogen-bond acceptors (Lipinski definition) is 3. The predicted octanol–water partition coefficient (Wildman–Crippen LogP) is 4.87. The monoisotopic (exact) mass is 374 g/mol. The highest BCUT2D eigenvalue weighted by molar-refractivity contribution is 7.17. The molecule has 5 heteroatoms. The molecule has 0 aliphatic rings. The second-order valence-electron chi connectivity index (χ2n) is 6.23. The van der Waals surface area contributed by atoms with Gasteiger partial charge in [-0.3, -0.25) is 9.36 Å². The van der Waals surface area contributed by atoms with Crippen molar-refractivity contribution < 1.29 is 4.39 Å². The van der Waals surface area contributed by atoms with Crippen LogP contribution in [0, 0.1) is 25.1 Å². The number of benzene rings is 2. The quantitative estimate of drug-likeness (QED) is 0.480. The SMILES string of the molecule is C#CCn1c(-c2ccc(C)cc2)nc2scc(-c3ccc(F)cc3)c2c1=O. The third kappa shape index (κ3) is 3.05. The van der Waals surface area contributed by atoms with Gasteiger partial charge in [-0.2, -0.15) is 0 Å². The van der Waals surface area contributed by atoms with Crippen molar-refractivity contribution in [2.24, 2.45) is 0 Å². The van der Waals surface area contributed by atoms with E-state index in [9.17, 15) is 9.18 Å². The lowest BCUT2D eigenvalue weighted by molar-refractivity contribution is 0.628. The van der Waals surface area contributed by atoms with Crippen molar-refractivity contribution in [3.63, 3.8) is 0 Å². The van der Waals surface area contributed by atoms with E-state index in [1.807, 2.05) is 36.6 Å². The number of nitrogens with zero attached hydrogens (tertiary/aromatic N) is 2. The van der Waals surface area contributed by atoms with Crippen LogP contribution in [-0.2, 0) is 6.54 Å². The van der Waals surface area contributed by atoms with Crippen molar-refractivity contribution in [1.82, 2.24) is 9.55 Å². The minimum absolute atomic E-state index is 0.129. The van der Waals surface area contributed by atoms with Crippen molar-refractivity contribution >= 4 is 21.6 Å². The Hall–Kier alpha value is -3.23. The first-order valence-electron chi connectivity index (χ1n) is 8.37. The fourth-order valence-corrected chi connectivity index (χ4v) is 3.96. The van der Waals surface area contributed by atoms with Crippen molar-refractivity contribution in [3.8, 4) is 34.9 Å². The van der Waals surface area contributed by atoms with Crippen LogP contribution < -0.4 is 5.56 Å². The van der Waals surface area contributed by atoms with E-state index in [1.165, 1.54) is 28.0 Å². The molecule has 2 aromatic heterocycles. The van der Waals surface area contributed by atoms with Gasteiger partial charge in [0.15, 0.2) is 0 Å². The summed E-state index contributed by atoms with van der Waals surface area (Å²) >= 11 is 1.40. The van der Waals surface area contributed by atoms with E-state index in [4.69, 9.17) is 11.4 Å². The van der Waals surface area contributed by atoms with Gasteiger partial charge in [-0.25, -0.2) is 9.37 Å². The first-order valence-corrected chi connectivity index (χ1v) is 9.25. The second kappa shape index (κ2) is 6.82. The Morgan fingerprint density at radius 1 is 1.11 bits per heavy atom. The van der Waals surface area contributed by atoms with Crippen molar-refractivity contribution in [2.75, 3.05) is 0 Å². The van der Waals surface area contributed by atoms with Gasteiger partial charge in [-0.05, 0) is 24.6 Å². The van der Waals surface area contributed by atoms with Crippen LogP contribution in [0.5, 0.6) is 0 Å². The van der Waals surface area contributed by atoms with Crippen molar-refractivity contribution in [2.45, 2.75) is 13.5 Å². The summed E-state index contributed by atoms with van der Waals surface area (Å²) in [6, 6.07) is 13.9. The molecular formula is C22H15FN2OS. The standard InChI is InChI=1S/C22H15FN2OS/c1-3-12-25-20(16-6-4-14(2)5-7-16)24-21-19(22(25)26)18(13-27-21)15-8-10-17(23)11-9-15/h1,4-11,13H,12H2,2H3. The van der Waals surface area contributed by atoms with Crippen LogP contribution >= 0.6 is 11.3 Å². The van der Waals surface area contributed by atoms with Gasteiger partial charge in [0.2, 0.25) is 0 Å². The molecule has 0 radical (unpaired) electrons. The van der Waals surface area contributed by atoms with E-state index in [2.05, 4.69) is 5.92 Å². The summed E-state index contributed by atoms with van der Waals surface area (Å²) in [5, 5.41) is 2.39. The lowest BCUT2D eigenvalue weighted by Crippen LogP contribution is -2.23. The molecule has 3 nitrogen and oxygen atoms in total. The Morgan fingerprint density at radius 3 is 2.44 bits per heavy atom. The summed E-state index contributed by atoms with van der Waals surface area (Å²) in [4.78, 5) is 18.6. The maximum atomic E-state index is 13.3. The molecule has 0 saturated carbocycles. The Labute approximate surface area is 159 Å². The number of halogens is 1. The summed E-state index contributed by atoms with van der Waals surface area (Å²) < 4.78 is 14.8. The molecule has 0 aliphatic carbocycles. The Morgan fingerprint density at radius 2 is 1.78 bits per heavy atom. The second-order valence-corrected chi connectivity index (χ2v) is 7.09. The number of aromatic nitrogens is 2. The van der Waals surface area contributed by atoms with E-state index in [1.54, 1.807) is 12.1 Å². The predicted molar refractivity (Wildman–Crippen MR) is 108 cm³/mol. The maximum Gasteiger partial charge on any atom is 0.264 e. The summed E-state index contributed by atoms with van der Waals surface area (Å²) in [6.07, 6.45) is 5.51. The van der Waals surface area contributed by atoms with Gasteiger partial charge in [-0.1, -0.05) is 47.9 Å². The number of aryl methyl sites for hydroxylation is 1. The lowest BCUT2D eigenvalue weighted by Gasteiger charge is -2.11. The van der Waals surface area contributed by atoms with E-state index in [-0.39, 0.29) is 17.9 Å². The molecule has 0 spiro atoms. The molecule has 2 heterocycles. The molecule has 0 atom stereocenters. The normalized spacial score (nSPS) is 10.9. The molecule has 0 amide bonds. The molecule has 0 aliphatic heterocycles. The van der Waals surface area contributed by atoms with Gasteiger partial charge in [-0.15, -0.1) is 17.8 Å². The maximum absolute atomic E-state index is 13.3. The van der Waals surface area contributed by atoms with E-state index >= 15 is 0 Å². The third-order valence-corrected chi connectivity index (χ3v) is 5.28. The van der Waals surface area contributed by atoms with Gasteiger partial charge < -0.3 is 0 Å². The zero-order valence-electron chi connectivity index (χ0n) is 14.6. The number of fused-ring (bicyclic) bond motifs is 1. The van der Waals surface area contributed by atoms with Gasteiger partial charge in [0.25, 0.3) is 5.56 Å². The van der Waals surface area contributed by atoms with E-state index in [0.717, 1.165) is 22.3 Å². The van der Waals surface area contributed by atoms with Crippen LogP contribution in [0.1, 0.15) is 5.56 Å². The van der Waals surface area contributed by atoms with Gasteiger partial charge in [0, 0.05) is 16.5 Å². The van der Waals surface area contributed by atoms with E-state index < -0.39 is 0 Å². The topological polar surface area (TPSA) is 34.9 Å². The van der Waals surface area contributed by atoms with Gasteiger partial charge in [0.1, 0.15) is 16.5 Å². The van der Waals surface area contributed by atoms with Gasteiger partial charge >= 0.3 is 0 Å². The minimum Gasteiger partial charge on any atom is -0.280 e. The Balaban J connectivity index is 1.99. The average molecular weight is 374 g/mol. The molecule has 2 aromatic carbocycles. The highest BCUT2D eigenvalue weighted by Crippen LogP contribution is 2.32. The molecule has 0 unspecified atom stereocenters. The van der Waals surface area contributed by atoms with Gasteiger partial charge in [0.05, 0.1) is 11.9 Å². The molecule has 27 heavy (non-hydrogen) atoms. The first-order chi connectivity index (χ1) is 13.1. The Kier molecular flexibility index (Phi) is 4.35. The first kappa shape index (κ1) is 17.2. The van der Waals surface area contributed by atoms with Crippen LogP contribution in [0.25, 0.3) is 32.7 Å². The summed E-state index contributed by atoms with van der Waals surface area (Å²) in [7, 11) is 0. The molecule has 0 saturated heterocycles. The van der Waals surface area contributed by atoms with Crippen LogP contribution in [0.15, 0.2) is 58.7 Å². The minimum atomic E-state index is -0.317. The summed E-state index contributed by atoms with van der Waals surface area (Å²) in [5.41, 5.74) is 3.30. The Bertz CT molecular complexity index is 1230. The smallest absolute Gasteiger partial charge is 0.264 e. The molecule has 132 valence electrons. The largest absolute Gasteiger partial charge is 0.280 e. The molecular weight excluding hydrogens is 359 g/mol. The fraction of sp³-hybridized carbons (Fsp3) is 0.0909. The van der Waals surface area contributed by atoms with Crippen molar-refractivity contribution in [3.05, 3.63) is 75.6 Å². The van der Waals surface area contributed by atoms with E-state index in [0.29, 0.717) is 16.0 Å². The molecule has 4 rings (SSSR count). The van der Waals surface area contributed by atoms with Crippen LogP contribution in [0.2, 0.25) is 0 Å². The average Bonchev–Trinajstić information content (AvgIpc) is 3.09. The molecule has 0 bridgehead atoms. The highest BCUT2D eigenvalue weighted by atomic mass is 32.1. The molecule has 0 fully saturated rings. The number of hydrogen-bond donors (Lipinski definition) is 0.